The van der Waals surface area contributed by atoms with Crippen LogP contribution in [0, 0.1) is 5.92 Å². The molecule has 67 heavy (non-hydrogen) atoms. The molecule has 11 N–H and O–H groups in total. The van der Waals surface area contributed by atoms with E-state index >= 15 is 0 Å². The maximum Gasteiger partial charge on any atom is 0.326 e. The van der Waals surface area contributed by atoms with E-state index in [-0.39, 0.29) is 56.8 Å². The predicted molar refractivity (Wildman–Crippen MR) is 252 cm³/mol. The Balaban J connectivity index is 1.64. The molecule has 18 heteroatoms. The Hall–Kier alpha value is -5.88. The number of aliphatic hydroxyl groups is 1. The third-order valence-electron chi connectivity index (χ3n) is 11.3. The Morgan fingerprint density at radius 2 is 0.925 bits per heavy atom. The van der Waals surface area contributed by atoms with Gasteiger partial charge in [0.15, 0.2) is 0 Å². The number of carbonyl (C=O) groups is 8. The summed E-state index contributed by atoms with van der Waals surface area (Å²) in [7, 11) is 0. The number of hydroxylamine groups is 1. The molecule has 0 saturated carbocycles. The number of primary amides is 1. The van der Waals surface area contributed by atoms with E-state index in [4.69, 9.17) is 10.9 Å². The molecule has 0 aliphatic rings. The van der Waals surface area contributed by atoms with Crippen molar-refractivity contribution < 1.29 is 53.8 Å². The third kappa shape index (κ3) is 25.0. The molecule has 2 rings (SSSR count). The van der Waals surface area contributed by atoms with Crippen molar-refractivity contribution in [1.29, 1.82) is 0 Å². The van der Waals surface area contributed by atoms with Crippen LogP contribution in [-0.2, 0) is 51.2 Å². The van der Waals surface area contributed by atoms with Gasteiger partial charge < -0.3 is 42.5 Å². The summed E-state index contributed by atoms with van der Waals surface area (Å²) in [4.78, 5) is 101. The number of carbonyl (C=O) groups excluding carboxylic acids is 7. The number of amides is 7. The number of carboxylic acids is 1. The molecule has 372 valence electrons. The van der Waals surface area contributed by atoms with E-state index in [9.17, 15) is 48.6 Å². The van der Waals surface area contributed by atoms with Crippen LogP contribution in [0.25, 0.3) is 0 Å². The highest BCUT2D eigenvalue weighted by Gasteiger charge is 2.32. The molecule has 18 nitrogen and oxygen atoms in total. The normalized spacial score (nSPS) is 13.8. The van der Waals surface area contributed by atoms with Gasteiger partial charge in [0, 0.05) is 32.1 Å². The molecule has 0 heterocycles. The van der Waals surface area contributed by atoms with Crippen LogP contribution in [0.15, 0.2) is 60.7 Å². The Morgan fingerprint density at radius 3 is 1.36 bits per heavy atom. The number of carboxylic acid groups (broad SMARTS) is 1. The topological polar surface area (TPSA) is 295 Å². The molecule has 0 unspecified atom stereocenters. The molecule has 0 aliphatic carbocycles. The summed E-state index contributed by atoms with van der Waals surface area (Å²) in [6.07, 6.45) is 10.2. The summed E-state index contributed by atoms with van der Waals surface area (Å²) in [6.45, 7) is 5.14. The minimum Gasteiger partial charge on any atom is -0.480 e. The number of hydrogen-bond acceptors (Lipinski definition) is 10. The number of aliphatic hydroxyl groups excluding tert-OH is 1. The zero-order chi connectivity index (χ0) is 49.6. The molecule has 0 bridgehead atoms. The van der Waals surface area contributed by atoms with E-state index in [1.807, 2.05) is 44.2 Å². The van der Waals surface area contributed by atoms with Crippen molar-refractivity contribution >= 4 is 47.3 Å². The van der Waals surface area contributed by atoms with Crippen molar-refractivity contribution in [2.45, 2.75) is 179 Å². The number of benzene rings is 2. The lowest BCUT2D eigenvalue weighted by atomic mass is 10.0. The van der Waals surface area contributed by atoms with Crippen LogP contribution in [-0.4, -0.2) is 99.1 Å². The number of hydrogen-bond donors (Lipinski definition) is 10. The largest absolute Gasteiger partial charge is 0.480 e. The molecule has 2 aromatic carbocycles. The van der Waals surface area contributed by atoms with Gasteiger partial charge in [0.1, 0.15) is 30.2 Å². The quantitative estimate of drug-likeness (QED) is 0.0270. The standard InChI is InChI=1S/C49H75N7O11/c1-33(2)30-39(47(63)52-38(45(50)61)31-35-22-16-14-17-23-35)53-48(64)44(34(3)57)55-42(59)27-21-13-11-9-7-5-4-6-8-10-12-20-26-41(58)51-37(28-29-43(60)56-67)46(62)54-40(49(65)66)32-36-24-18-15-19-25-36/h14-19,22-25,33-34,37-40,44,57,67H,4-13,20-21,26-32H2,1-3H3,(H2,50,61)(H,51,58)(H,52,63)(H,53,64)(H,54,62)(H,55,59)(H,56,60)(H,65,66)/t34-,37+,38+,39+,40+,44+/m1/s1. The lowest BCUT2D eigenvalue weighted by molar-refractivity contribution is -0.142. The molecule has 6 atom stereocenters. The molecule has 0 saturated heterocycles. The minimum absolute atomic E-state index is 0.00722. The van der Waals surface area contributed by atoms with Crippen LogP contribution in [0.2, 0.25) is 0 Å². The molecular formula is C49H75N7O11. The van der Waals surface area contributed by atoms with Crippen LogP contribution in [0.4, 0.5) is 0 Å². The Morgan fingerprint density at radius 1 is 0.507 bits per heavy atom. The first-order valence-corrected chi connectivity index (χ1v) is 23.7. The first-order valence-electron chi connectivity index (χ1n) is 23.7. The van der Waals surface area contributed by atoms with Crippen molar-refractivity contribution in [1.82, 2.24) is 32.1 Å². The highest BCUT2D eigenvalue weighted by atomic mass is 16.5. The van der Waals surface area contributed by atoms with Crippen LogP contribution in [0.1, 0.15) is 141 Å². The van der Waals surface area contributed by atoms with E-state index in [1.54, 1.807) is 30.3 Å². The second-order valence-corrected chi connectivity index (χ2v) is 17.7. The molecule has 2 aromatic rings. The molecule has 0 aliphatic heterocycles. The predicted octanol–water partition coefficient (Wildman–Crippen LogP) is 3.64. The summed E-state index contributed by atoms with van der Waals surface area (Å²) in [5, 5.41) is 42.0. The van der Waals surface area contributed by atoms with Gasteiger partial charge in [-0.1, -0.05) is 139 Å². The Kier molecular flexibility index (Phi) is 28.0. The van der Waals surface area contributed by atoms with E-state index in [1.165, 1.54) is 12.4 Å². The smallest absolute Gasteiger partial charge is 0.326 e. The number of aliphatic carboxylic acids is 1. The van der Waals surface area contributed by atoms with Gasteiger partial charge in [-0.2, -0.15) is 0 Å². The SMILES string of the molecule is CC(C)C[C@H](NC(=O)[C@@H](NC(=O)CCCCCCCCCCCCCCC(=O)N[C@@H](CCC(=O)NO)C(=O)N[C@@H](Cc1ccccc1)C(=O)O)[C@@H](C)O)C(=O)N[C@@H](Cc1ccccc1)C(N)=O. The Labute approximate surface area is 394 Å². The molecule has 7 amide bonds. The average Bonchev–Trinajstić information content (AvgIpc) is 3.28. The van der Waals surface area contributed by atoms with Crippen molar-refractivity contribution in [3.8, 4) is 0 Å². The second kappa shape index (κ2) is 32.7. The fourth-order valence-corrected chi connectivity index (χ4v) is 7.49. The molecule has 0 aromatic heterocycles. The average molecular weight is 938 g/mol. The number of rotatable bonds is 35. The second-order valence-electron chi connectivity index (χ2n) is 17.7. The summed E-state index contributed by atoms with van der Waals surface area (Å²) in [5.41, 5.74) is 8.59. The summed E-state index contributed by atoms with van der Waals surface area (Å²) < 4.78 is 0. The van der Waals surface area contributed by atoms with Crippen LogP contribution < -0.4 is 37.8 Å². The van der Waals surface area contributed by atoms with Gasteiger partial charge in [-0.25, -0.2) is 10.3 Å². The van der Waals surface area contributed by atoms with Crippen molar-refractivity contribution in [2.24, 2.45) is 11.7 Å². The van der Waals surface area contributed by atoms with E-state index in [2.05, 4.69) is 26.6 Å². The van der Waals surface area contributed by atoms with Crippen LogP contribution in [0.3, 0.4) is 0 Å². The zero-order valence-corrected chi connectivity index (χ0v) is 39.4. The van der Waals surface area contributed by atoms with E-state index in [0.717, 1.165) is 69.8 Å². The van der Waals surface area contributed by atoms with Crippen molar-refractivity contribution in [3.05, 3.63) is 71.8 Å². The summed E-state index contributed by atoms with van der Waals surface area (Å²) in [6, 6.07) is 12.1. The van der Waals surface area contributed by atoms with Gasteiger partial charge in [-0.3, -0.25) is 38.8 Å². The van der Waals surface area contributed by atoms with E-state index in [0.29, 0.717) is 18.4 Å². The monoisotopic (exact) mass is 938 g/mol. The van der Waals surface area contributed by atoms with Gasteiger partial charge in [0.25, 0.3) is 0 Å². The highest BCUT2D eigenvalue weighted by Crippen LogP contribution is 2.15. The summed E-state index contributed by atoms with van der Waals surface area (Å²) >= 11 is 0. The maximum absolute atomic E-state index is 13.3. The number of unbranched alkanes of at least 4 members (excludes halogenated alkanes) is 11. The van der Waals surface area contributed by atoms with E-state index < -0.39 is 77.7 Å². The van der Waals surface area contributed by atoms with Gasteiger partial charge in [0.05, 0.1) is 6.10 Å². The Bertz CT molecular complexity index is 1830. The molecular weight excluding hydrogens is 863 g/mol. The van der Waals surface area contributed by atoms with Crippen molar-refractivity contribution in [2.75, 3.05) is 0 Å². The molecule has 0 spiro atoms. The highest BCUT2D eigenvalue weighted by molar-refractivity contribution is 5.94. The van der Waals surface area contributed by atoms with Gasteiger partial charge in [-0.05, 0) is 49.7 Å². The fraction of sp³-hybridized carbons (Fsp3) is 0.592. The first-order chi connectivity index (χ1) is 32.0. The van der Waals surface area contributed by atoms with Gasteiger partial charge >= 0.3 is 5.97 Å². The number of nitrogens with one attached hydrogen (secondary N) is 6. The summed E-state index contributed by atoms with van der Waals surface area (Å²) in [5.74, 6) is -5.51. The minimum atomic E-state index is -1.28. The molecule has 0 fully saturated rings. The lowest BCUT2D eigenvalue weighted by Crippen LogP contribution is -2.59. The van der Waals surface area contributed by atoms with Crippen molar-refractivity contribution in [3.63, 3.8) is 0 Å². The van der Waals surface area contributed by atoms with Crippen LogP contribution >= 0.6 is 0 Å². The lowest BCUT2D eigenvalue weighted by Gasteiger charge is -2.26. The maximum atomic E-state index is 13.3. The third-order valence-corrected chi connectivity index (χ3v) is 11.3. The number of nitrogens with two attached hydrogens (primary N) is 1. The molecule has 0 radical (unpaired) electrons. The zero-order valence-electron chi connectivity index (χ0n) is 39.4. The van der Waals surface area contributed by atoms with Crippen LogP contribution in [0.5, 0.6) is 0 Å². The first kappa shape index (κ1) is 57.2. The fourth-order valence-electron chi connectivity index (χ4n) is 7.49. The van der Waals surface area contributed by atoms with Gasteiger partial charge in [0.2, 0.25) is 41.4 Å². The van der Waals surface area contributed by atoms with Gasteiger partial charge in [-0.15, -0.1) is 0 Å².